The number of anilines is 2. The topological polar surface area (TPSA) is 87.3 Å². The van der Waals surface area contributed by atoms with Gasteiger partial charge in [-0.3, -0.25) is 4.79 Å². The third-order valence-corrected chi connectivity index (χ3v) is 4.85. The standard InChI is InChI=1S/C15H14FN3O3S/c1-9-2-7-13-12(8-9)18-14(19-23(13,21)22)15(20)17-11-5-3-10(16)4-6-11/h2-8,14,18-19H,1H3,(H,17,20). The molecule has 120 valence electrons. The molecule has 0 saturated heterocycles. The molecule has 23 heavy (non-hydrogen) atoms. The molecule has 2 aromatic rings. The molecule has 0 bridgehead atoms. The molecule has 0 aromatic heterocycles. The number of benzene rings is 2. The number of carbonyl (C=O) groups is 1. The highest BCUT2D eigenvalue weighted by Crippen LogP contribution is 2.27. The maximum absolute atomic E-state index is 12.9. The van der Waals surface area contributed by atoms with Crippen LogP contribution < -0.4 is 15.4 Å². The lowest BCUT2D eigenvalue weighted by Gasteiger charge is -2.27. The molecule has 6 nitrogen and oxygen atoms in total. The average Bonchev–Trinajstić information content (AvgIpc) is 2.48. The van der Waals surface area contributed by atoms with Gasteiger partial charge in [-0.1, -0.05) is 6.07 Å². The van der Waals surface area contributed by atoms with Gasteiger partial charge in [0.05, 0.1) is 5.69 Å². The summed E-state index contributed by atoms with van der Waals surface area (Å²) < 4.78 is 39.6. The van der Waals surface area contributed by atoms with E-state index in [0.717, 1.165) is 5.56 Å². The van der Waals surface area contributed by atoms with Gasteiger partial charge in [-0.25, -0.2) is 12.8 Å². The van der Waals surface area contributed by atoms with Crippen LogP contribution in [0.4, 0.5) is 15.8 Å². The number of halogens is 1. The quantitative estimate of drug-likeness (QED) is 0.781. The number of carbonyl (C=O) groups excluding carboxylic acids is 1. The first kappa shape index (κ1) is 15.4. The molecule has 0 radical (unpaired) electrons. The third-order valence-electron chi connectivity index (χ3n) is 3.37. The summed E-state index contributed by atoms with van der Waals surface area (Å²) in [5.41, 5.74) is 1.60. The second-order valence-electron chi connectivity index (χ2n) is 5.19. The summed E-state index contributed by atoms with van der Waals surface area (Å²) in [6, 6.07) is 10.0. The summed E-state index contributed by atoms with van der Waals surface area (Å²) in [7, 11) is -3.79. The lowest BCUT2D eigenvalue weighted by Crippen LogP contribution is -2.51. The fraction of sp³-hybridized carbons (Fsp3) is 0.133. The molecule has 1 unspecified atom stereocenters. The van der Waals surface area contributed by atoms with Gasteiger partial charge in [0, 0.05) is 5.69 Å². The van der Waals surface area contributed by atoms with Gasteiger partial charge in [-0.05, 0) is 48.9 Å². The first-order valence-corrected chi connectivity index (χ1v) is 8.29. The van der Waals surface area contributed by atoms with E-state index in [1.165, 1.54) is 30.3 Å². The van der Waals surface area contributed by atoms with E-state index in [4.69, 9.17) is 0 Å². The highest BCUT2D eigenvalue weighted by Gasteiger charge is 2.33. The Labute approximate surface area is 132 Å². The molecule has 0 aliphatic carbocycles. The molecule has 1 heterocycles. The molecule has 1 aliphatic rings. The number of nitrogens with one attached hydrogen (secondary N) is 3. The second-order valence-corrected chi connectivity index (χ2v) is 6.88. The Kier molecular flexibility index (Phi) is 3.78. The molecule has 1 aliphatic heterocycles. The van der Waals surface area contributed by atoms with E-state index < -0.39 is 27.9 Å². The van der Waals surface area contributed by atoms with E-state index >= 15 is 0 Å². The fourth-order valence-electron chi connectivity index (χ4n) is 2.26. The minimum atomic E-state index is -3.79. The minimum absolute atomic E-state index is 0.0916. The Hall–Kier alpha value is -2.45. The monoisotopic (exact) mass is 335 g/mol. The van der Waals surface area contributed by atoms with E-state index in [2.05, 4.69) is 15.4 Å². The maximum atomic E-state index is 12.9. The maximum Gasteiger partial charge on any atom is 0.262 e. The van der Waals surface area contributed by atoms with Gasteiger partial charge in [-0.2, -0.15) is 4.72 Å². The van der Waals surface area contributed by atoms with E-state index in [9.17, 15) is 17.6 Å². The Morgan fingerprint density at radius 3 is 2.57 bits per heavy atom. The molecule has 3 rings (SSSR count). The average molecular weight is 335 g/mol. The van der Waals surface area contributed by atoms with Crippen LogP contribution in [0.5, 0.6) is 0 Å². The van der Waals surface area contributed by atoms with Crippen LogP contribution in [0, 0.1) is 12.7 Å². The van der Waals surface area contributed by atoms with Gasteiger partial charge < -0.3 is 10.6 Å². The Morgan fingerprint density at radius 1 is 1.17 bits per heavy atom. The molecule has 0 spiro atoms. The molecule has 3 N–H and O–H groups in total. The Morgan fingerprint density at radius 2 is 1.87 bits per heavy atom. The minimum Gasteiger partial charge on any atom is -0.360 e. The van der Waals surface area contributed by atoms with Crippen LogP contribution in [0.15, 0.2) is 47.4 Å². The van der Waals surface area contributed by atoms with Gasteiger partial charge in [0.2, 0.25) is 10.0 Å². The van der Waals surface area contributed by atoms with Gasteiger partial charge in [-0.15, -0.1) is 0 Å². The number of rotatable bonds is 2. The number of sulfonamides is 1. The summed E-state index contributed by atoms with van der Waals surface area (Å²) in [6.07, 6.45) is -1.15. The van der Waals surface area contributed by atoms with Crippen LogP contribution in [0.3, 0.4) is 0 Å². The predicted octanol–water partition coefficient (Wildman–Crippen LogP) is 1.80. The van der Waals surface area contributed by atoms with Crippen molar-refractivity contribution < 1.29 is 17.6 Å². The van der Waals surface area contributed by atoms with Gasteiger partial charge in [0.1, 0.15) is 10.7 Å². The van der Waals surface area contributed by atoms with Crippen molar-refractivity contribution in [1.82, 2.24) is 4.72 Å². The summed E-state index contributed by atoms with van der Waals surface area (Å²) in [6.45, 7) is 1.82. The predicted molar refractivity (Wildman–Crippen MR) is 83.9 cm³/mol. The number of aryl methyl sites for hydroxylation is 1. The summed E-state index contributed by atoms with van der Waals surface area (Å²) in [4.78, 5) is 12.3. The zero-order valence-corrected chi connectivity index (χ0v) is 12.9. The van der Waals surface area contributed by atoms with Crippen molar-refractivity contribution in [1.29, 1.82) is 0 Å². The van der Waals surface area contributed by atoms with Crippen LogP contribution in [0.2, 0.25) is 0 Å². The van der Waals surface area contributed by atoms with Crippen molar-refractivity contribution in [3.63, 3.8) is 0 Å². The van der Waals surface area contributed by atoms with E-state index in [1.54, 1.807) is 12.1 Å². The van der Waals surface area contributed by atoms with E-state index in [-0.39, 0.29) is 4.90 Å². The third kappa shape index (κ3) is 3.17. The SMILES string of the molecule is Cc1ccc2c(c1)NC(C(=O)Nc1ccc(F)cc1)NS2(=O)=O. The van der Waals surface area contributed by atoms with Gasteiger partial charge in [0.15, 0.2) is 6.17 Å². The Bertz CT molecular complexity index is 866. The number of amides is 1. The molecule has 2 aromatic carbocycles. The summed E-state index contributed by atoms with van der Waals surface area (Å²) >= 11 is 0. The molecule has 0 fully saturated rings. The van der Waals surface area contributed by atoms with Gasteiger partial charge in [0.25, 0.3) is 5.91 Å². The number of hydrogen-bond acceptors (Lipinski definition) is 4. The largest absolute Gasteiger partial charge is 0.360 e. The molecule has 1 atom stereocenters. The van der Waals surface area contributed by atoms with Crippen molar-refractivity contribution in [2.45, 2.75) is 18.0 Å². The van der Waals surface area contributed by atoms with Crippen LogP contribution in [0.25, 0.3) is 0 Å². The van der Waals surface area contributed by atoms with E-state index in [0.29, 0.717) is 11.4 Å². The van der Waals surface area contributed by atoms with Crippen molar-refractivity contribution >= 4 is 27.3 Å². The summed E-state index contributed by atoms with van der Waals surface area (Å²) in [5, 5.41) is 5.38. The number of fused-ring (bicyclic) bond motifs is 1. The first-order chi connectivity index (χ1) is 10.8. The molecule has 8 heteroatoms. The van der Waals surface area contributed by atoms with Crippen molar-refractivity contribution in [3.05, 3.63) is 53.8 Å². The lowest BCUT2D eigenvalue weighted by molar-refractivity contribution is -0.117. The fourth-order valence-corrected chi connectivity index (χ4v) is 3.52. The molecular formula is C15H14FN3O3S. The van der Waals surface area contributed by atoms with Crippen LogP contribution in [-0.2, 0) is 14.8 Å². The normalized spacial score (nSPS) is 18.6. The van der Waals surface area contributed by atoms with Crippen LogP contribution in [0.1, 0.15) is 5.56 Å². The molecule has 1 amide bonds. The van der Waals surface area contributed by atoms with Gasteiger partial charge >= 0.3 is 0 Å². The second kappa shape index (κ2) is 5.64. The first-order valence-electron chi connectivity index (χ1n) is 6.81. The van der Waals surface area contributed by atoms with Crippen molar-refractivity contribution in [2.24, 2.45) is 0 Å². The number of hydrogen-bond donors (Lipinski definition) is 3. The zero-order valence-electron chi connectivity index (χ0n) is 12.1. The van der Waals surface area contributed by atoms with Crippen molar-refractivity contribution in [3.8, 4) is 0 Å². The lowest BCUT2D eigenvalue weighted by atomic mass is 10.2. The highest BCUT2D eigenvalue weighted by molar-refractivity contribution is 7.89. The Balaban J connectivity index is 1.84. The zero-order chi connectivity index (χ0) is 16.6. The van der Waals surface area contributed by atoms with Crippen LogP contribution >= 0.6 is 0 Å². The molecular weight excluding hydrogens is 321 g/mol. The molecule has 0 saturated carbocycles. The summed E-state index contributed by atoms with van der Waals surface area (Å²) in [5.74, 6) is -1.02. The van der Waals surface area contributed by atoms with Crippen molar-refractivity contribution in [2.75, 3.05) is 10.6 Å². The highest BCUT2D eigenvalue weighted by atomic mass is 32.2. The smallest absolute Gasteiger partial charge is 0.262 e. The van der Waals surface area contributed by atoms with E-state index in [1.807, 2.05) is 6.92 Å². The van der Waals surface area contributed by atoms with Crippen LogP contribution in [-0.4, -0.2) is 20.5 Å².